The SMILES string of the molecule is CSc1ccc(Cl)c(C(=O)NCCN(C(C)C)C(C)C)c1. The van der Waals surface area contributed by atoms with Crippen LogP contribution in [0.4, 0.5) is 0 Å². The van der Waals surface area contributed by atoms with Crippen LogP contribution in [0.3, 0.4) is 0 Å². The molecule has 0 radical (unpaired) electrons. The summed E-state index contributed by atoms with van der Waals surface area (Å²) in [5, 5.41) is 3.45. The van der Waals surface area contributed by atoms with Gasteiger partial charge in [-0.05, 0) is 52.1 Å². The molecule has 0 heterocycles. The zero-order chi connectivity index (χ0) is 16.0. The number of carbonyl (C=O) groups excluding carboxylic acids is 1. The zero-order valence-corrected chi connectivity index (χ0v) is 15.0. The van der Waals surface area contributed by atoms with Crippen LogP contribution in [-0.4, -0.2) is 42.2 Å². The molecule has 0 aromatic heterocycles. The van der Waals surface area contributed by atoms with Gasteiger partial charge in [-0.15, -0.1) is 11.8 Å². The summed E-state index contributed by atoms with van der Waals surface area (Å²) < 4.78 is 0. The van der Waals surface area contributed by atoms with E-state index in [4.69, 9.17) is 11.6 Å². The van der Waals surface area contributed by atoms with Crippen molar-refractivity contribution in [2.75, 3.05) is 19.3 Å². The van der Waals surface area contributed by atoms with Crippen LogP contribution in [0.1, 0.15) is 38.1 Å². The van der Waals surface area contributed by atoms with E-state index in [-0.39, 0.29) is 5.91 Å². The van der Waals surface area contributed by atoms with Gasteiger partial charge >= 0.3 is 0 Å². The molecule has 1 aromatic rings. The quantitative estimate of drug-likeness (QED) is 0.770. The Labute approximate surface area is 137 Å². The zero-order valence-electron chi connectivity index (χ0n) is 13.4. The standard InChI is InChI=1S/C16H25ClN2OS/c1-11(2)19(12(3)4)9-8-18-16(20)14-10-13(21-5)6-7-15(14)17/h6-7,10-12H,8-9H2,1-5H3,(H,18,20). The fourth-order valence-corrected chi connectivity index (χ4v) is 2.95. The lowest BCUT2D eigenvalue weighted by molar-refractivity contribution is 0.0939. The maximum absolute atomic E-state index is 12.2. The summed E-state index contributed by atoms with van der Waals surface area (Å²) in [6, 6.07) is 6.46. The minimum atomic E-state index is -0.108. The average Bonchev–Trinajstić information content (AvgIpc) is 2.43. The molecule has 0 saturated heterocycles. The topological polar surface area (TPSA) is 32.3 Å². The highest BCUT2D eigenvalue weighted by molar-refractivity contribution is 7.98. The first-order valence-electron chi connectivity index (χ1n) is 7.24. The lowest BCUT2D eigenvalue weighted by Crippen LogP contribution is -2.42. The summed E-state index contributed by atoms with van der Waals surface area (Å²) in [5.41, 5.74) is 0.546. The van der Waals surface area contributed by atoms with Gasteiger partial charge in [0, 0.05) is 30.1 Å². The molecule has 0 spiro atoms. The molecule has 118 valence electrons. The van der Waals surface area contributed by atoms with Crippen LogP contribution in [0, 0.1) is 0 Å². The smallest absolute Gasteiger partial charge is 0.252 e. The first-order chi connectivity index (χ1) is 9.86. The second-order valence-corrected chi connectivity index (χ2v) is 6.81. The lowest BCUT2D eigenvalue weighted by atomic mass is 10.2. The molecular weight excluding hydrogens is 304 g/mol. The summed E-state index contributed by atoms with van der Waals surface area (Å²) in [5.74, 6) is -0.108. The summed E-state index contributed by atoms with van der Waals surface area (Å²) in [4.78, 5) is 15.6. The highest BCUT2D eigenvalue weighted by Crippen LogP contribution is 2.22. The van der Waals surface area contributed by atoms with Crippen LogP contribution in [0.25, 0.3) is 0 Å². The van der Waals surface area contributed by atoms with Crippen LogP contribution < -0.4 is 5.32 Å². The number of benzene rings is 1. The molecule has 1 aromatic carbocycles. The number of amides is 1. The molecule has 0 aliphatic carbocycles. The lowest BCUT2D eigenvalue weighted by Gasteiger charge is -2.30. The largest absolute Gasteiger partial charge is 0.351 e. The number of nitrogens with zero attached hydrogens (tertiary/aromatic N) is 1. The van der Waals surface area contributed by atoms with Gasteiger partial charge in [0.25, 0.3) is 5.91 Å². The van der Waals surface area contributed by atoms with E-state index in [0.29, 0.717) is 29.2 Å². The fraction of sp³-hybridized carbons (Fsp3) is 0.562. The van der Waals surface area contributed by atoms with Gasteiger partial charge in [-0.3, -0.25) is 9.69 Å². The first-order valence-corrected chi connectivity index (χ1v) is 8.84. The monoisotopic (exact) mass is 328 g/mol. The Hall–Kier alpha value is -0.710. The Morgan fingerprint density at radius 3 is 2.43 bits per heavy atom. The van der Waals surface area contributed by atoms with Gasteiger partial charge < -0.3 is 5.32 Å². The molecule has 0 unspecified atom stereocenters. The molecule has 0 fully saturated rings. The molecule has 5 heteroatoms. The maximum atomic E-state index is 12.2. The van der Waals surface area contributed by atoms with E-state index in [2.05, 4.69) is 37.9 Å². The van der Waals surface area contributed by atoms with Crippen molar-refractivity contribution in [2.24, 2.45) is 0 Å². The number of halogens is 1. The highest BCUT2D eigenvalue weighted by Gasteiger charge is 2.15. The number of rotatable bonds is 7. The summed E-state index contributed by atoms with van der Waals surface area (Å²) >= 11 is 7.71. The van der Waals surface area contributed by atoms with Crippen molar-refractivity contribution in [2.45, 2.75) is 44.7 Å². The molecule has 0 aliphatic heterocycles. The molecule has 0 aliphatic rings. The van der Waals surface area contributed by atoms with Crippen molar-refractivity contribution >= 4 is 29.3 Å². The van der Waals surface area contributed by atoms with Gasteiger partial charge in [0.1, 0.15) is 0 Å². The molecule has 1 amide bonds. The molecule has 3 nitrogen and oxygen atoms in total. The normalized spacial score (nSPS) is 11.5. The Morgan fingerprint density at radius 1 is 1.29 bits per heavy atom. The number of thioether (sulfide) groups is 1. The van der Waals surface area contributed by atoms with Crippen LogP contribution in [0.15, 0.2) is 23.1 Å². The summed E-state index contributed by atoms with van der Waals surface area (Å²) in [6.45, 7) is 10.1. The van der Waals surface area contributed by atoms with E-state index in [9.17, 15) is 4.79 Å². The third-order valence-electron chi connectivity index (χ3n) is 3.40. The van der Waals surface area contributed by atoms with E-state index in [1.165, 1.54) is 0 Å². The van der Waals surface area contributed by atoms with E-state index >= 15 is 0 Å². The third kappa shape index (κ3) is 5.53. The van der Waals surface area contributed by atoms with E-state index in [1.54, 1.807) is 17.8 Å². The Bertz CT molecular complexity index is 469. The van der Waals surface area contributed by atoms with Gasteiger partial charge in [0.05, 0.1) is 10.6 Å². The fourth-order valence-electron chi connectivity index (χ4n) is 2.31. The second-order valence-electron chi connectivity index (χ2n) is 5.53. The van der Waals surface area contributed by atoms with Crippen molar-refractivity contribution in [3.63, 3.8) is 0 Å². The Balaban J connectivity index is 2.62. The molecule has 1 rings (SSSR count). The van der Waals surface area contributed by atoms with Gasteiger partial charge in [0.15, 0.2) is 0 Å². The van der Waals surface area contributed by atoms with Gasteiger partial charge in [-0.2, -0.15) is 0 Å². The van der Waals surface area contributed by atoms with E-state index < -0.39 is 0 Å². The van der Waals surface area contributed by atoms with Crippen molar-refractivity contribution in [3.8, 4) is 0 Å². The van der Waals surface area contributed by atoms with Crippen LogP contribution >= 0.6 is 23.4 Å². The molecule has 1 N–H and O–H groups in total. The van der Waals surface area contributed by atoms with Gasteiger partial charge in [-0.1, -0.05) is 11.6 Å². The van der Waals surface area contributed by atoms with E-state index in [0.717, 1.165) is 11.4 Å². The summed E-state index contributed by atoms with van der Waals surface area (Å²) in [6.07, 6.45) is 1.98. The van der Waals surface area contributed by atoms with Crippen LogP contribution in [0.2, 0.25) is 5.02 Å². The Morgan fingerprint density at radius 2 is 1.90 bits per heavy atom. The predicted molar refractivity (Wildman–Crippen MR) is 92.5 cm³/mol. The molecule has 0 saturated carbocycles. The predicted octanol–water partition coefficient (Wildman–Crippen LogP) is 3.91. The second kappa shape index (κ2) is 8.66. The number of hydrogen-bond donors (Lipinski definition) is 1. The number of nitrogens with one attached hydrogen (secondary N) is 1. The minimum absolute atomic E-state index is 0.108. The van der Waals surface area contributed by atoms with Crippen molar-refractivity contribution in [1.82, 2.24) is 10.2 Å². The van der Waals surface area contributed by atoms with Gasteiger partial charge in [-0.25, -0.2) is 0 Å². The van der Waals surface area contributed by atoms with Crippen molar-refractivity contribution in [1.29, 1.82) is 0 Å². The number of hydrogen-bond acceptors (Lipinski definition) is 3. The third-order valence-corrected chi connectivity index (χ3v) is 4.46. The molecule has 0 bridgehead atoms. The van der Waals surface area contributed by atoms with Crippen LogP contribution in [-0.2, 0) is 0 Å². The van der Waals surface area contributed by atoms with Crippen molar-refractivity contribution in [3.05, 3.63) is 28.8 Å². The van der Waals surface area contributed by atoms with E-state index in [1.807, 2.05) is 18.4 Å². The van der Waals surface area contributed by atoms with Crippen molar-refractivity contribution < 1.29 is 4.79 Å². The molecular formula is C16H25ClN2OS. The first kappa shape index (κ1) is 18.3. The highest BCUT2D eigenvalue weighted by atomic mass is 35.5. The maximum Gasteiger partial charge on any atom is 0.252 e. The molecule has 21 heavy (non-hydrogen) atoms. The van der Waals surface area contributed by atoms with Crippen LogP contribution in [0.5, 0.6) is 0 Å². The van der Waals surface area contributed by atoms with Gasteiger partial charge in [0.2, 0.25) is 0 Å². The summed E-state index contributed by atoms with van der Waals surface area (Å²) in [7, 11) is 0. The number of carbonyl (C=O) groups is 1. The minimum Gasteiger partial charge on any atom is -0.351 e. The average molecular weight is 329 g/mol. The molecule has 0 atom stereocenters. The Kier molecular flexibility index (Phi) is 7.57.